The lowest BCUT2D eigenvalue weighted by Gasteiger charge is -2.26. The van der Waals surface area contributed by atoms with Gasteiger partial charge in [-0.05, 0) is 71.8 Å². The van der Waals surface area contributed by atoms with Gasteiger partial charge in [0.15, 0.2) is 11.6 Å². The largest absolute Gasteiger partial charge is 0.375 e. The van der Waals surface area contributed by atoms with Gasteiger partial charge in [0.05, 0.1) is 34.2 Å². The fourth-order valence-electron chi connectivity index (χ4n) is 6.34. The summed E-state index contributed by atoms with van der Waals surface area (Å²) in [5.41, 5.74) is 3.86. The van der Waals surface area contributed by atoms with Crippen LogP contribution in [0, 0.1) is 11.6 Å². The van der Waals surface area contributed by atoms with Crippen LogP contribution in [0.5, 0.6) is 0 Å². The summed E-state index contributed by atoms with van der Waals surface area (Å²) in [7, 11) is 7.43. The average molecular weight is 545 g/mol. The molecule has 41 heavy (non-hydrogen) atoms. The monoisotopic (exact) mass is 544 g/mol. The second-order valence-corrected chi connectivity index (χ2v) is 11.8. The number of pyridine rings is 2. The smallest absolute Gasteiger partial charge is 0.156 e. The molecule has 0 unspecified atom stereocenters. The van der Waals surface area contributed by atoms with E-state index < -0.39 is 5.41 Å². The lowest BCUT2D eigenvalue weighted by Crippen LogP contribution is -2.22. The first-order chi connectivity index (χ1) is 19.6. The lowest BCUT2D eigenvalue weighted by molar-refractivity contribution is 0.594. The van der Waals surface area contributed by atoms with Gasteiger partial charge in [-0.2, -0.15) is 0 Å². The van der Waals surface area contributed by atoms with Gasteiger partial charge >= 0.3 is 0 Å². The van der Waals surface area contributed by atoms with Crippen LogP contribution in [0.3, 0.4) is 0 Å². The highest BCUT2D eigenvalue weighted by molar-refractivity contribution is 6.24. The Morgan fingerprint density at radius 2 is 1.02 bits per heavy atom. The van der Waals surface area contributed by atoms with Crippen molar-refractivity contribution in [2.45, 2.75) is 19.3 Å². The number of anilines is 2. The number of aromatic nitrogens is 2. The van der Waals surface area contributed by atoms with Crippen LogP contribution in [-0.2, 0) is 5.41 Å². The van der Waals surface area contributed by atoms with Crippen LogP contribution in [-0.4, -0.2) is 38.2 Å². The van der Waals surface area contributed by atoms with E-state index in [0.717, 1.165) is 43.7 Å². The van der Waals surface area contributed by atoms with Crippen molar-refractivity contribution in [1.82, 2.24) is 9.97 Å². The van der Waals surface area contributed by atoms with Crippen LogP contribution in [0.1, 0.15) is 25.2 Å². The van der Waals surface area contributed by atoms with Gasteiger partial charge in [-0.25, -0.2) is 8.78 Å². The summed E-state index contributed by atoms with van der Waals surface area (Å²) < 4.78 is 33.0. The third-order valence-corrected chi connectivity index (χ3v) is 8.47. The van der Waals surface area contributed by atoms with Crippen molar-refractivity contribution in [2.24, 2.45) is 0 Å². The quantitative estimate of drug-likeness (QED) is 0.205. The molecule has 0 aliphatic carbocycles. The zero-order valence-electron chi connectivity index (χ0n) is 24.0. The normalized spacial score (nSPS) is 13.6. The number of fused-ring (bicyclic) bond motifs is 8. The van der Waals surface area contributed by atoms with Gasteiger partial charge in [0.1, 0.15) is 0 Å². The van der Waals surface area contributed by atoms with Gasteiger partial charge in [0.25, 0.3) is 0 Å². The molecule has 0 saturated heterocycles. The van der Waals surface area contributed by atoms with Gasteiger partial charge in [-0.3, -0.25) is 9.97 Å². The summed E-state index contributed by atoms with van der Waals surface area (Å²) in [6, 6.07) is 23.3. The van der Waals surface area contributed by atoms with E-state index in [4.69, 9.17) is 9.97 Å². The Hall–Kier alpha value is -4.58. The second kappa shape index (κ2) is 8.71. The average Bonchev–Trinajstić information content (AvgIpc) is 2.95. The Kier molecular flexibility index (Phi) is 5.39. The SMILES string of the molecule is CN(C)c1c(F)c2cc3c1ccc1ccc4c(N(C)C)c(F)c(cc4c13)-c1cccc(n1)C(C)(C)c1cccc-2n1. The Morgan fingerprint density at radius 3 is 1.44 bits per heavy atom. The van der Waals surface area contributed by atoms with Gasteiger partial charge in [0.2, 0.25) is 0 Å². The number of hydrogen-bond donors (Lipinski definition) is 0. The number of nitrogens with zero attached hydrogens (tertiary/aromatic N) is 4. The molecular formula is C35H30F2N4. The third-order valence-electron chi connectivity index (χ3n) is 8.47. The van der Waals surface area contributed by atoms with Gasteiger partial charge in [0, 0.05) is 55.5 Å². The number of benzene rings is 4. The van der Waals surface area contributed by atoms with Crippen LogP contribution in [0.15, 0.2) is 72.8 Å². The molecule has 6 aromatic rings. The highest BCUT2D eigenvalue weighted by atomic mass is 19.1. The standard InChI is InChI=1S/C35H30F2N4/c1-35(2)28-11-7-9-26(38-28)24-17-22-20(33(31(24)36)40(3)4)15-13-19-14-16-21-23(30(19)22)18-25(32(37)34(21)41(5)6)27-10-8-12-29(35)39-27/h7-18H,1-6H3. The molecule has 1 aliphatic rings. The molecule has 0 saturated carbocycles. The molecule has 204 valence electrons. The van der Waals surface area contributed by atoms with E-state index in [0.29, 0.717) is 33.9 Å². The van der Waals surface area contributed by atoms with Crippen LogP contribution in [0.2, 0.25) is 0 Å². The van der Waals surface area contributed by atoms with Crippen LogP contribution in [0.25, 0.3) is 54.8 Å². The Balaban J connectivity index is 1.80. The van der Waals surface area contributed by atoms with Crippen molar-refractivity contribution in [2.75, 3.05) is 38.0 Å². The van der Waals surface area contributed by atoms with E-state index in [1.54, 1.807) is 0 Å². The molecule has 4 nitrogen and oxygen atoms in total. The molecule has 4 aromatic carbocycles. The van der Waals surface area contributed by atoms with Crippen LogP contribution < -0.4 is 9.80 Å². The molecule has 3 heterocycles. The fraction of sp³-hybridized carbons (Fsp3) is 0.200. The Labute approximate surface area is 237 Å². The van der Waals surface area contributed by atoms with Gasteiger partial charge in [-0.1, -0.05) is 36.4 Å². The summed E-state index contributed by atoms with van der Waals surface area (Å²) in [5.74, 6) is -0.644. The first-order valence-corrected chi connectivity index (χ1v) is 13.7. The first-order valence-electron chi connectivity index (χ1n) is 13.7. The van der Waals surface area contributed by atoms with Crippen molar-refractivity contribution in [3.05, 3.63) is 95.8 Å². The first kappa shape index (κ1) is 25.4. The van der Waals surface area contributed by atoms with Crippen LogP contribution in [0.4, 0.5) is 20.2 Å². The maximum Gasteiger partial charge on any atom is 0.156 e. The molecule has 7 rings (SSSR count). The second-order valence-electron chi connectivity index (χ2n) is 11.8. The summed E-state index contributed by atoms with van der Waals surface area (Å²) in [6.07, 6.45) is 0. The van der Waals surface area contributed by atoms with Crippen molar-refractivity contribution in [3.63, 3.8) is 0 Å². The molecule has 0 radical (unpaired) electrons. The van der Waals surface area contributed by atoms with Crippen molar-refractivity contribution in [1.29, 1.82) is 0 Å². The summed E-state index contributed by atoms with van der Waals surface area (Å²) in [4.78, 5) is 13.7. The number of hydrogen-bond acceptors (Lipinski definition) is 4. The third kappa shape index (κ3) is 3.56. The minimum absolute atomic E-state index is 0.322. The molecule has 2 aromatic heterocycles. The summed E-state index contributed by atoms with van der Waals surface area (Å²) in [5, 5.41) is 5.29. The van der Waals surface area contributed by atoms with Crippen molar-refractivity contribution in [3.8, 4) is 22.5 Å². The van der Waals surface area contributed by atoms with E-state index in [9.17, 15) is 0 Å². The molecular weight excluding hydrogens is 514 g/mol. The highest BCUT2D eigenvalue weighted by Crippen LogP contribution is 2.45. The zero-order chi connectivity index (χ0) is 28.8. The molecule has 0 spiro atoms. The highest BCUT2D eigenvalue weighted by Gasteiger charge is 2.29. The van der Waals surface area contributed by atoms with Gasteiger partial charge < -0.3 is 9.80 Å². The lowest BCUT2D eigenvalue weighted by atomic mass is 9.83. The molecule has 1 aliphatic heterocycles. The maximum absolute atomic E-state index is 16.5. The van der Waals surface area contributed by atoms with E-state index in [1.807, 2.05) is 125 Å². The van der Waals surface area contributed by atoms with E-state index in [2.05, 4.69) is 0 Å². The molecule has 0 atom stereocenters. The maximum atomic E-state index is 16.5. The van der Waals surface area contributed by atoms with Crippen LogP contribution >= 0.6 is 0 Å². The van der Waals surface area contributed by atoms with E-state index in [-0.39, 0.29) is 11.6 Å². The summed E-state index contributed by atoms with van der Waals surface area (Å²) in [6.45, 7) is 4.09. The minimum atomic E-state index is -0.621. The molecule has 0 amide bonds. The van der Waals surface area contributed by atoms with Crippen molar-refractivity contribution >= 4 is 43.7 Å². The summed E-state index contributed by atoms with van der Waals surface area (Å²) >= 11 is 0. The zero-order valence-corrected chi connectivity index (χ0v) is 24.0. The molecule has 8 bridgehead atoms. The topological polar surface area (TPSA) is 32.3 Å². The van der Waals surface area contributed by atoms with Crippen molar-refractivity contribution < 1.29 is 8.78 Å². The van der Waals surface area contributed by atoms with E-state index >= 15 is 8.78 Å². The van der Waals surface area contributed by atoms with Gasteiger partial charge in [-0.15, -0.1) is 0 Å². The molecule has 0 fully saturated rings. The number of halogens is 2. The van der Waals surface area contributed by atoms with E-state index in [1.165, 1.54) is 0 Å². The predicted octanol–water partition coefficient (Wildman–Crippen LogP) is 8.32. The fourth-order valence-corrected chi connectivity index (χ4v) is 6.34. The Morgan fingerprint density at radius 1 is 0.585 bits per heavy atom. The molecule has 0 N–H and O–H groups in total. The predicted molar refractivity (Wildman–Crippen MR) is 166 cm³/mol. The molecule has 6 heteroatoms. The Bertz CT molecular complexity index is 1920. The minimum Gasteiger partial charge on any atom is -0.375 e. The number of rotatable bonds is 2.